The molecule has 4 nitrogen and oxygen atoms in total. The largest absolute Gasteiger partial charge is 0.478 e. The molecule has 5 heteroatoms. The van der Waals surface area contributed by atoms with E-state index in [1.54, 1.807) is 12.1 Å². The summed E-state index contributed by atoms with van der Waals surface area (Å²) in [7, 11) is 0. The van der Waals surface area contributed by atoms with E-state index in [9.17, 15) is 9.90 Å². The van der Waals surface area contributed by atoms with Crippen molar-refractivity contribution >= 4 is 28.8 Å². The quantitative estimate of drug-likeness (QED) is 0.919. The lowest BCUT2D eigenvalue weighted by atomic mass is 9.95. The molecule has 1 aliphatic heterocycles. The first-order valence-corrected chi connectivity index (χ1v) is 8.37. The number of hydrogen-bond acceptors (Lipinski definition) is 3. The van der Waals surface area contributed by atoms with Crippen molar-refractivity contribution in [3.63, 3.8) is 0 Å². The fourth-order valence-corrected chi connectivity index (χ4v) is 4.12. The van der Waals surface area contributed by atoms with Gasteiger partial charge in [-0.3, -0.25) is 0 Å². The molecule has 1 N–H and O–H groups in total. The third-order valence-corrected chi connectivity index (χ3v) is 5.03. The van der Waals surface area contributed by atoms with E-state index in [0.29, 0.717) is 11.6 Å². The maximum Gasteiger partial charge on any atom is 0.337 e. The molecule has 21 heavy (non-hydrogen) atoms. The fourth-order valence-electron chi connectivity index (χ4n) is 2.93. The molecule has 0 saturated carbocycles. The molecule has 0 spiro atoms. The second-order valence-electron chi connectivity index (χ2n) is 6.55. The van der Waals surface area contributed by atoms with Gasteiger partial charge in [0, 0.05) is 17.2 Å². The van der Waals surface area contributed by atoms with Crippen molar-refractivity contribution in [3.05, 3.63) is 29.6 Å². The maximum absolute atomic E-state index is 11.6. The lowest BCUT2D eigenvalue weighted by molar-refractivity contribution is 0.0698. The van der Waals surface area contributed by atoms with Gasteiger partial charge in [-0.2, -0.15) is 11.8 Å². The highest BCUT2D eigenvalue weighted by atomic mass is 32.2. The molecule has 0 bridgehead atoms. The number of nitrogens with zero attached hydrogens (tertiary/aromatic N) is 2. The monoisotopic (exact) mass is 304 g/mol. The van der Waals surface area contributed by atoms with Crippen molar-refractivity contribution in [2.45, 2.75) is 38.6 Å². The number of benzene rings is 1. The number of carbonyl (C=O) groups is 1. The summed E-state index contributed by atoms with van der Waals surface area (Å²) >= 11 is 1.93. The number of aromatic nitrogens is 2. The summed E-state index contributed by atoms with van der Waals surface area (Å²) in [6.07, 6.45) is 1.08. The molecule has 0 radical (unpaired) electrons. The van der Waals surface area contributed by atoms with Gasteiger partial charge in [-0.15, -0.1) is 0 Å². The maximum atomic E-state index is 11.6. The Balaban J connectivity index is 2.34. The zero-order valence-electron chi connectivity index (χ0n) is 12.6. The van der Waals surface area contributed by atoms with Crippen LogP contribution in [0.2, 0.25) is 0 Å². The summed E-state index contributed by atoms with van der Waals surface area (Å²) in [5, 5.41) is 9.52. The number of fused-ring (bicyclic) bond motifs is 1. The topological polar surface area (TPSA) is 55.1 Å². The SMILES string of the molecule is CC(C)(C)c1nc2cccc(C(=O)O)c2n1C1CCSC1. The Bertz CT molecular complexity index is 694. The van der Waals surface area contributed by atoms with Crippen LogP contribution in [0.3, 0.4) is 0 Å². The number of carboxylic acid groups (broad SMARTS) is 1. The molecule has 1 atom stereocenters. The molecule has 1 aliphatic rings. The molecule has 3 rings (SSSR count). The van der Waals surface area contributed by atoms with Gasteiger partial charge in [0.2, 0.25) is 0 Å². The van der Waals surface area contributed by atoms with Crippen LogP contribution in [0.4, 0.5) is 0 Å². The Morgan fingerprint density at radius 2 is 2.19 bits per heavy atom. The zero-order valence-corrected chi connectivity index (χ0v) is 13.4. The van der Waals surface area contributed by atoms with Gasteiger partial charge < -0.3 is 9.67 Å². The average molecular weight is 304 g/mol. The third kappa shape index (κ3) is 2.44. The Labute approximate surface area is 128 Å². The molecular formula is C16H20N2O2S. The van der Waals surface area contributed by atoms with Crippen molar-refractivity contribution in [1.82, 2.24) is 9.55 Å². The van der Waals surface area contributed by atoms with Gasteiger partial charge in [-0.1, -0.05) is 26.8 Å². The van der Waals surface area contributed by atoms with E-state index in [1.807, 2.05) is 17.8 Å². The first-order chi connectivity index (χ1) is 9.89. The van der Waals surface area contributed by atoms with E-state index in [0.717, 1.165) is 34.8 Å². The van der Waals surface area contributed by atoms with Crippen LogP contribution in [-0.2, 0) is 5.41 Å². The Morgan fingerprint density at radius 3 is 2.76 bits per heavy atom. The molecular weight excluding hydrogens is 284 g/mol. The van der Waals surface area contributed by atoms with Crippen LogP contribution in [0, 0.1) is 0 Å². The minimum atomic E-state index is -0.882. The second-order valence-corrected chi connectivity index (χ2v) is 7.70. The van der Waals surface area contributed by atoms with Gasteiger partial charge in [0.05, 0.1) is 16.6 Å². The molecule has 1 aromatic carbocycles. The lowest BCUT2D eigenvalue weighted by Crippen LogP contribution is -2.22. The van der Waals surface area contributed by atoms with E-state index in [1.165, 1.54) is 0 Å². The van der Waals surface area contributed by atoms with E-state index in [4.69, 9.17) is 4.98 Å². The standard InChI is InChI=1S/C16H20N2O2S/c1-16(2,3)15-17-12-6-4-5-11(14(19)20)13(12)18(15)10-7-8-21-9-10/h4-6,10H,7-9H2,1-3H3,(H,19,20). The minimum Gasteiger partial charge on any atom is -0.478 e. The highest BCUT2D eigenvalue weighted by Crippen LogP contribution is 2.37. The van der Waals surface area contributed by atoms with Crippen LogP contribution in [-0.4, -0.2) is 32.1 Å². The summed E-state index contributed by atoms with van der Waals surface area (Å²) in [5.74, 6) is 2.26. The van der Waals surface area contributed by atoms with Crippen LogP contribution in [0.25, 0.3) is 11.0 Å². The third-order valence-electron chi connectivity index (χ3n) is 3.88. The van der Waals surface area contributed by atoms with Crippen molar-refractivity contribution in [2.24, 2.45) is 0 Å². The molecule has 0 amide bonds. The number of carboxylic acids is 1. The second kappa shape index (κ2) is 5.05. The highest BCUT2D eigenvalue weighted by molar-refractivity contribution is 7.99. The molecule has 2 aromatic rings. The molecule has 112 valence electrons. The summed E-state index contributed by atoms with van der Waals surface area (Å²) in [5.41, 5.74) is 1.81. The van der Waals surface area contributed by atoms with E-state index < -0.39 is 5.97 Å². The number of aromatic carboxylic acids is 1. The number of thioether (sulfide) groups is 1. The number of rotatable bonds is 2. The van der Waals surface area contributed by atoms with Crippen molar-refractivity contribution in [2.75, 3.05) is 11.5 Å². The minimum absolute atomic E-state index is 0.109. The van der Waals surface area contributed by atoms with Gasteiger partial charge in [0.1, 0.15) is 5.82 Å². The molecule has 1 aromatic heterocycles. The zero-order chi connectivity index (χ0) is 15.2. The number of imidazole rings is 1. The predicted molar refractivity (Wildman–Crippen MR) is 86.4 cm³/mol. The van der Waals surface area contributed by atoms with E-state index in [-0.39, 0.29) is 5.41 Å². The van der Waals surface area contributed by atoms with Gasteiger partial charge in [0.15, 0.2) is 0 Å². The van der Waals surface area contributed by atoms with Crippen LogP contribution in [0.5, 0.6) is 0 Å². The lowest BCUT2D eigenvalue weighted by Gasteiger charge is -2.24. The van der Waals surface area contributed by atoms with Gasteiger partial charge in [-0.25, -0.2) is 9.78 Å². The average Bonchev–Trinajstić information content (AvgIpc) is 3.03. The molecule has 1 unspecified atom stereocenters. The van der Waals surface area contributed by atoms with Crippen molar-refractivity contribution in [1.29, 1.82) is 0 Å². The van der Waals surface area contributed by atoms with Crippen LogP contribution in [0.1, 0.15) is 49.4 Å². The summed E-state index contributed by atoms with van der Waals surface area (Å²) in [6, 6.07) is 5.71. The normalized spacial score (nSPS) is 19.3. The summed E-state index contributed by atoms with van der Waals surface area (Å²) < 4.78 is 2.19. The fraction of sp³-hybridized carbons (Fsp3) is 0.500. The van der Waals surface area contributed by atoms with Crippen molar-refractivity contribution in [3.8, 4) is 0 Å². The van der Waals surface area contributed by atoms with E-state index >= 15 is 0 Å². The van der Waals surface area contributed by atoms with Gasteiger partial charge >= 0.3 is 5.97 Å². The first-order valence-electron chi connectivity index (χ1n) is 7.22. The summed E-state index contributed by atoms with van der Waals surface area (Å²) in [4.78, 5) is 16.4. The van der Waals surface area contributed by atoms with Crippen LogP contribution >= 0.6 is 11.8 Å². The number of hydrogen-bond donors (Lipinski definition) is 1. The number of para-hydroxylation sites is 1. The molecule has 1 fully saturated rings. The van der Waals surface area contributed by atoms with Gasteiger partial charge in [-0.05, 0) is 24.3 Å². The van der Waals surface area contributed by atoms with E-state index in [2.05, 4.69) is 25.3 Å². The summed E-state index contributed by atoms with van der Waals surface area (Å²) in [6.45, 7) is 6.40. The predicted octanol–water partition coefficient (Wildman–Crippen LogP) is 3.71. The molecule has 1 saturated heterocycles. The highest BCUT2D eigenvalue weighted by Gasteiger charge is 2.30. The first kappa shape index (κ1) is 14.4. The Kier molecular flexibility index (Phi) is 3.48. The van der Waals surface area contributed by atoms with Crippen molar-refractivity contribution < 1.29 is 9.90 Å². The van der Waals surface area contributed by atoms with Crippen LogP contribution < -0.4 is 0 Å². The van der Waals surface area contributed by atoms with Gasteiger partial charge in [0.25, 0.3) is 0 Å². The van der Waals surface area contributed by atoms with Crippen LogP contribution in [0.15, 0.2) is 18.2 Å². The molecule has 0 aliphatic carbocycles. The molecule has 2 heterocycles. The Morgan fingerprint density at radius 1 is 1.43 bits per heavy atom. The Hall–Kier alpha value is -1.49. The smallest absolute Gasteiger partial charge is 0.337 e.